The van der Waals surface area contributed by atoms with Crippen LogP contribution in [-0.4, -0.2) is 10.5 Å². The van der Waals surface area contributed by atoms with E-state index in [1.54, 1.807) is 0 Å². The average Bonchev–Trinajstić information content (AvgIpc) is 2.53. The van der Waals surface area contributed by atoms with Gasteiger partial charge in [-0.1, -0.05) is 72.8 Å². The van der Waals surface area contributed by atoms with Crippen molar-refractivity contribution in [2.45, 2.75) is 12.8 Å². The summed E-state index contributed by atoms with van der Waals surface area (Å²) in [6, 6.07) is 20.6. The zero-order valence-electron chi connectivity index (χ0n) is 11.7. The van der Waals surface area contributed by atoms with Crippen LogP contribution in [0.3, 0.4) is 0 Å². The van der Waals surface area contributed by atoms with Gasteiger partial charge < -0.3 is 0 Å². The number of hydrogen-bond donors (Lipinski definition) is 2. The van der Waals surface area contributed by atoms with Gasteiger partial charge in [0.1, 0.15) is 0 Å². The standard InChI is InChI=1S/2C9H10.H2O2/c2*1-2-6-9-7-4-3-5-8-9;1-2/h2*2-5,7-8H,1,6H2;1-2H. The monoisotopic (exact) mass is 270 g/mol. The number of benzene rings is 2. The Morgan fingerprint density at radius 2 is 0.950 bits per heavy atom. The van der Waals surface area contributed by atoms with Gasteiger partial charge in [0.15, 0.2) is 0 Å². The van der Waals surface area contributed by atoms with Crippen molar-refractivity contribution >= 4 is 0 Å². The Kier molecular flexibility index (Phi) is 11.8. The first-order chi connectivity index (χ1) is 9.86. The first-order valence-corrected chi connectivity index (χ1v) is 6.36. The number of rotatable bonds is 4. The minimum Gasteiger partial charge on any atom is -0.255 e. The Hall–Kier alpha value is -2.16. The number of allylic oxidation sites excluding steroid dienone is 2. The Morgan fingerprint density at radius 1 is 0.650 bits per heavy atom. The quantitative estimate of drug-likeness (QED) is 0.474. The second-order valence-corrected chi connectivity index (χ2v) is 3.96. The molecule has 0 aliphatic heterocycles. The lowest BCUT2D eigenvalue weighted by atomic mass is 10.2. The van der Waals surface area contributed by atoms with Crippen molar-refractivity contribution in [3.8, 4) is 0 Å². The highest BCUT2D eigenvalue weighted by molar-refractivity contribution is 5.17. The van der Waals surface area contributed by atoms with Gasteiger partial charge in [0.25, 0.3) is 0 Å². The summed E-state index contributed by atoms with van der Waals surface area (Å²) in [6.07, 6.45) is 5.77. The molecule has 0 fully saturated rings. The molecule has 106 valence electrons. The van der Waals surface area contributed by atoms with Crippen molar-refractivity contribution in [3.63, 3.8) is 0 Å². The van der Waals surface area contributed by atoms with Crippen molar-refractivity contribution in [2.24, 2.45) is 0 Å². The summed E-state index contributed by atoms with van der Waals surface area (Å²) < 4.78 is 0. The van der Waals surface area contributed by atoms with Crippen LogP contribution < -0.4 is 0 Å². The summed E-state index contributed by atoms with van der Waals surface area (Å²) in [4.78, 5) is 0. The molecule has 0 unspecified atom stereocenters. The summed E-state index contributed by atoms with van der Waals surface area (Å²) in [5, 5.41) is 12.0. The molecule has 2 rings (SSSR count). The second-order valence-electron chi connectivity index (χ2n) is 3.96. The molecule has 2 heteroatoms. The Bertz CT molecular complexity index is 404. The van der Waals surface area contributed by atoms with Crippen molar-refractivity contribution in [2.75, 3.05) is 0 Å². The van der Waals surface area contributed by atoms with E-state index in [1.165, 1.54) is 11.1 Å². The van der Waals surface area contributed by atoms with E-state index in [2.05, 4.69) is 37.4 Å². The van der Waals surface area contributed by atoms with Crippen LogP contribution in [0.25, 0.3) is 0 Å². The SMILES string of the molecule is C=CCc1ccccc1.C=CCc1ccccc1.OO. The molecule has 2 nitrogen and oxygen atoms in total. The van der Waals surface area contributed by atoms with Gasteiger partial charge in [0.2, 0.25) is 0 Å². The van der Waals surface area contributed by atoms with Crippen molar-refractivity contribution in [1.29, 1.82) is 0 Å². The fourth-order valence-corrected chi connectivity index (χ4v) is 1.56. The van der Waals surface area contributed by atoms with Crippen molar-refractivity contribution in [1.82, 2.24) is 0 Å². The molecule has 0 saturated carbocycles. The van der Waals surface area contributed by atoms with Crippen molar-refractivity contribution < 1.29 is 10.5 Å². The predicted molar refractivity (Wildman–Crippen MR) is 85.9 cm³/mol. The predicted octanol–water partition coefficient (Wildman–Crippen LogP) is 4.85. The fourth-order valence-electron chi connectivity index (χ4n) is 1.56. The lowest BCUT2D eigenvalue weighted by Crippen LogP contribution is -1.75. The van der Waals surface area contributed by atoms with E-state index >= 15 is 0 Å². The largest absolute Gasteiger partial charge is 0.255 e. The Labute approximate surface area is 121 Å². The minimum absolute atomic E-state index is 0.973. The smallest absolute Gasteiger partial charge is 0.0100 e. The summed E-state index contributed by atoms with van der Waals surface area (Å²) in [6.45, 7) is 7.31. The van der Waals surface area contributed by atoms with E-state index in [0.29, 0.717) is 0 Å². The van der Waals surface area contributed by atoms with Crippen LogP contribution in [0.4, 0.5) is 0 Å². The molecule has 2 N–H and O–H groups in total. The van der Waals surface area contributed by atoms with E-state index in [1.807, 2.05) is 48.6 Å². The van der Waals surface area contributed by atoms with Gasteiger partial charge in [0.05, 0.1) is 0 Å². The summed E-state index contributed by atoms with van der Waals surface area (Å²) >= 11 is 0. The summed E-state index contributed by atoms with van der Waals surface area (Å²) in [5.41, 5.74) is 2.65. The van der Waals surface area contributed by atoms with E-state index in [0.717, 1.165) is 12.8 Å². The molecule has 0 bridgehead atoms. The average molecular weight is 270 g/mol. The molecule has 0 radical (unpaired) electrons. The molecular weight excluding hydrogens is 248 g/mol. The van der Waals surface area contributed by atoms with E-state index < -0.39 is 0 Å². The highest BCUT2D eigenvalue weighted by atomic mass is 17.0. The van der Waals surface area contributed by atoms with Gasteiger partial charge in [-0.2, -0.15) is 0 Å². The molecule has 0 heterocycles. The molecule has 2 aromatic rings. The van der Waals surface area contributed by atoms with E-state index in [9.17, 15) is 0 Å². The van der Waals surface area contributed by atoms with E-state index in [4.69, 9.17) is 10.5 Å². The molecular formula is C18H22O2. The molecule has 20 heavy (non-hydrogen) atoms. The van der Waals surface area contributed by atoms with Gasteiger partial charge in [-0.15, -0.1) is 13.2 Å². The first kappa shape index (κ1) is 17.8. The van der Waals surface area contributed by atoms with Gasteiger partial charge in [-0.25, -0.2) is 0 Å². The van der Waals surface area contributed by atoms with Crippen LogP contribution in [0.1, 0.15) is 11.1 Å². The molecule has 0 saturated heterocycles. The highest BCUT2D eigenvalue weighted by Crippen LogP contribution is 1.99. The molecule has 0 aromatic heterocycles. The van der Waals surface area contributed by atoms with Gasteiger partial charge >= 0.3 is 0 Å². The third kappa shape index (κ3) is 8.86. The topological polar surface area (TPSA) is 40.5 Å². The Morgan fingerprint density at radius 3 is 1.20 bits per heavy atom. The maximum atomic E-state index is 6.00. The summed E-state index contributed by atoms with van der Waals surface area (Å²) in [7, 11) is 0. The van der Waals surface area contributed by atoms with Crippen LogP contribution in [0.2, 0.25) is 0 Å². The van der Waals surface area contributed by atoms with Gasteiger partial charge in [0, 0.05) is 0 Å². The molecule has 0 atom stereocenters. The molecule has 0 amide bonds. The molecule has 2 aromatic carbocycles. The van der Waals surface area contributed by atoms with Crippen LogP contribution in [0.5, 0.6) is 0 Å². The normalized spacial score (nSPS) is 8.30. The fraction of sp³-hybridized carbons (Fsp3) is 0.111. The van der Waals surface area contributed by atoms with E-state index in [-0.39, 0.29) is 0 Å². The maximum Gasteiger partial charge on any atom is -0.0100 e. The van der Waals surface area contributed by atoms with Crippen LogP contribution in [0.15, 0.2) is 86.0 Å². The molecule has 0 aliphatic carbocycles. The third-order valence-corrected chi connectivity index (χ3v) is 2.45. The zero-order valence-corrected chi connectivity index (χ0v) is 11.7. The minimum atomic E-state index is 0.973. The van der Waals surface area contributed by atoms with Crippen molar-refractivity contribution in [3.05, 3.63) is 97.1 Å². The lowest BCUT2D eigenvalue weighted by molar-refractivity contribution is -0.176. The summed E-state index contributed by atoms with van der Waals surface area (Å²) in [5.74, 6) is 0. The third-order valence-electron chi connectivity index (χ3n) is 2.45. The van der Waals surface area contributed by atoms with Crippen LogP contribution in [-0.2, 0) is 12.8 Å². The number of hydrogen-bond acceptors (Lipinski definition) is 2. The van der Waals surface area contributed by atoms with Gasteiger partial charge in [-0.05, 0) is 24.0 Å². The second kappa shape index (κ2) is 13.3. The maximum absolute atomic E-state index is 6.00. The molecule has 0 aliphatic rings. The highest BCUT2D eigenvalue weighted by Gasteiger charge is 1.82. The van der Waals surface area contributed by atoms with Gasteiger partial charge in [-0.3, -0.25) is 10.5 Å². The van der Waals surface area contributed by atoms with Crippen LogP contribution in [0, 0.1) is 0 Å². The zero-order chi connectivity index (χ0) is 15.1. The first-order valence-electron chi connectivity index (χ1n) is 6.36. The van der Waals surface area contributed by atoms with Crippen LogP contribution >= 0.6 is 0 Å². The Balaban J connectivity index is 0.000000321. The molecule has 0 spiro atoms. The lowest BCUT2D eigenvalue weighted by Gasteiger charge is -1.91.